The summed E-state index contributed by atoms with van der Waals surface area (Å²) in [6.45, 7) is 9.10. The van der Waals surface area contributed by atoms with Crippen LogP contribution < -0.4 is 5.32 Å². The molecule has 2 aliphatic rings. The van der Waals surface area contributed by atoms with Crippen LogP contribution in [-0.2, 0) is 6.54 Å². The molecule has 29 heavy (non-hydrogen) atoms. The molecule has 1 aliphatic heterocycles. The van der Waals surface area contributed by atoms with Crippen molar-refractivity contribution in [3.63, 3.8) is 0 Å². The summed E-state index contributed by atoms with van der Waals surface area (Å²) in [5.41, 5.74) is 1.59. The number of nitrogens with one attached hydrogen (secondary N) is 1. The lowest BCUT2D eigenvalue weighted by Gasteiger charge is -2.36. The number of piperazine rings is 1. The minimum atomic E-state index is -0.225. The van der Waals surface area contributed by atoms with E-state index in [-0.39, 0.29) is 17.8 Å². The van der Waals surface area contributed by atoms with E-state index < -0.39 is 0 Å². The summed E-state index contributed by atoms with van der Waals surface area (Å²) in [4.78, 5) is 9.33. The van der Waals surface area contributed by atoms with Crippen LogP contribution in [0.3, 0.4) is 0 Å². The summed E-state index contributed by atoms with van der Waals surface area (Å²) in [5, 5.41) is 8.13. The average Bonchev–Trinajstić information content (AvgIpc) is 3.32. The van der Waals surface area contributed by atoms with Gasteiger partial charge in [-0.1, -0.05) is 22.8 Å². The van der Waals surface area contributed by atoms with Gasteiger partial charge in [0, 0.05) is 67.9 Å². The first-order valence-electron chi connectivity index (χ1n) is 10.2. The standard InChI is InChI=1S/C21H27ClFN5O/c1-3-24-21(25-19-12-16(19)20-17(22)5-4-6-18(20)23)28-9-7-27(8-10-28)13-15-11-14(2)29-26-15/h4-6,11,16,19H,3,7-10,12-13H2,1-2H3,(H,24,25). The van der Waals surface area contributed by atoms with Crippen LogP contribution in [0.15, 0.2) is 33.8 Å². The van der Waals surface area contributed by atoms with Crippen LogP contribution >= 0.6 is 11.6 Å². The van der Waals surface area contributed by atoms with E-state index in [1.807, 2.05) is 19.9 Å². The third-order valence-corrected chi connectivity index (χ3v) is 5.85. The van der Waals surface area contributed by atoms with E-state index in [9.17, 15) is 4.39 Å². The highest BCUT2D eigenvalue weighted by Crippen LogP contribution is 2.45. The van der Waals surface area contributed by atoms with E-state index in [4.69, 9.17) is 16.1 Å². The number of aromatic nitrogens is 1. The molecule has 2 atom stereocenters. The molecule has 2 unspecified atom stereocenters. The molecule has 1 aromatic heterocycles. The van der Waals surface area contributed by atoms with Crippen LogP contribution in [0.5, 0.6) is 0 Å². The van der Waals surface area contributed by atoms with Gasteiger partial charge in [0.15, 0.2) is 5.96 Å². The van der Waals surface area contributed by atoms with E-state index in [1.165, 1.54) is 6.07 Å². The largest absolute Gasteiger partial charge is 0.361 e. The van der Waals surface area contributed by atoms with Crippen molar-refractivity contribution in [3.05, 3.63) is 52.1 Å². The van der Waals surface area contributed by atoms with Crippen molar-refractivity contribution in [3.8, 4) is 0 Å². The predicted molar refractivity (Wildman–Crippen MR) is 112 cm³/mol. The Morgan fingerprint density at radius 3 is 2.79 bits per heavy atom. The van der Waals surface area contributed by atoms with Gasteiger partial charge >= 0.3 is 0 Å². The van der Waals surface area contributed by atoms with Crippen LogP contribution in [0.4, 0.5) is 4.39 Å². The van der Waals surface area contributed by atoms with E-state index in [0.717, 1.165) is 56.6 Å². The second-order valence-electron chi connectivity index (χ2n) is 7.72. The van der Waals surface area contributed by atoms with Gasteiger partial charge in [-0.15, -0.1) is 0 Å². The Labute approximate surface area is 175 Å². The molecule has 2 fully saturated rings. The Hall–Kier alpha value is -2.12. The SMILES string of the molecule is CCN=C(NC1CC1c1c(F)cccc1Cl)N1CCN(Cc2cc(C)on2)CC1. The summed E-state index contributed by atoms with van der Waals surface area (Å²) < 4.78 is 19.4. The zero-order valence-electron chi connectivity index (χ0n) is 16.9. The maximum Gasteiger partial charge on any atom is 0.194 e. The van der Waals surface area contributed by atoms with Gasteiger partial charge in [0.25, 0.3) is 0 Å². The fourth-order valence-corrected chi connectivity index (χ4v) is 4.23. The zero-order chi connectivity index (χ0) is 20.4. The molecule has 0 bridgehead atoms. The quantitative estimate of drug-likeness (QED) is 0.594. The highest BCUT2D eigenvalue weighted by atomic mass is 35.5. The van der Waals surface area contributed by atoms with Crippen LogP contribution in [0.2, 0.25) is 5.02 Å². The summed E-state index contributed by atoms with van der Waals surface area (Å²) in [6, 6.07) is 7.04. The van der Waals surface area contributed by atoms with Crippen LogP contribution in [0.1, 0.15) is 36.3 Å². The lowest BCUT2D eigenvalue weighted by molar-refractivity contribution is 0.168. The molecule has 1 saturated heterocycles. The fraction of sp³-hybridized carbons (Fsp3) is 0.524. The molecule has 1 aliphatic carbocycles. The molecular weight excluding hydrogens is 393 g/mol. The predicted octanol–water partition coefficient (Wildman–Crippen LogP) is 3.41. The number of hydrogen-bond acceptors (Lipinski definition) is 4. The Morgan fingerprint density at radius 1 is 1.34 bits per heavy atom. The highest BCUT2D eigenvalue weighted by Gasteiger charge is 2.42. The van der Waals surface area contributed by atoms with Crippen molar-refractivity contribution < 1.29 is 8.91 Å². The van der Waals surface area contributed by atoms with Crippen molar-refractivity contribution in [1.29, 1.82) is 0 Å². The number of rotatable bonds is 5. The number of aliphatic imine (C=N–C) groups is 1. The van der Waals surface area contributed by atoms with Crippen molar-refractivity contribution in [2.45, 2.75) is 38.8 Å². The smallest absolute Gasteiger partial charge is 0.194 e. The second kappa shape index (κ2) is 8.71. The molecule has 0 radical (unpaired) electrons. The maximum atomic E-state index is 14.2. The van der Waals surface area contributed by atoms with Crippen molar-refractivity contribution >= 4 is 17.6 Å². The van der Waals surface area contributed by atoms with E-state index in [2.05, 4.69) is 25.3 Å². The van der Waals surface area contributed by atoms with Gasteiger partial charge < -0.3 is 14.7 Å². The maximum absolute atomic E-state index is 14.2. The second-order valence-corrected chi connectivity index (χ2v) is 8.13. The lowest BCUT2D eigenvalue weighted by atomic mass is 10.1. The molecule has 1 saturated carbocycles. The third-order valence-electron chi connectivity index (χ3n) is 5.52. The minimum absolute atomic E-state index is 0.0995. The average molecular weight is 420 g/mol. The van der Waals surface area contributed by atoms with E-state index in [1.54, 1.807) is 12.1 Å². The number of guanidine groups is 1. The monoisotopic (exact) mass is 419 g/mol. The molecule has 156 valence electrons. The molecule has 6 nitrogen and oxygen atoms in total. The molecule has 0 amide bonds. The third kappa shape index (κ3) is 4.73. The van der Waals surface area contributed by atoms with Crippen LogP contribution in [0, 0.1) is 12.7 Å². The molecule has 1 aromatic carbocycles. The number of benzene rings is 1. The van der Waals surface area contributed by atoms with Gasteiger partial charge in [0.1, 0.15) is 11.6 Å². The molecule has 2 aromatic rings. The first-order chi connectivity index (χ1) is 14.0. The van der Waals surface area contributed by atoms with Crippen LogP contribution in [-0.4, -0.2) is 59.7 Å². The van der Waals surface area contributed by atoms with Gasteiger partial charge in [-0.2, -0.15) is 0 Å². The molecular formula is C21H27ClFN5O. The van der Waals surface area contributed by atoms with Crippen molar-refractivity contribution in [2.75, 3.05) is 32.7 Å². The van der Waals surface area contributed by atoms with Crippen LogP contribution in [0.25, 0.3) is 0 Å². The highest BCUT2D eigenvalue weighted by molar-refractivity contribution is 6.31. The Kier molecular flexibility index (Phi) is 6.06. The number of aryl methyl sites for hydroxylation is 1. The topological polar surface area (TPSA) is 56.9 Å². The molecule has 4 rings (SSSR count). The van der Waals surface area contributed by atoms with Gasteiger partial charge in [-0.25, -0.2) is 4.39 Å². The summed E-state index contributed by atoms with van der Waals surface area (Å²) in [6.07, 6.45) is 0.870. The minimum Gasteiger partial charge on any atom is -0.361 e. The first-order valence-corrected chi connectivity index (χ1v) is 10.6. The summed E-state index contributed by atoms with van der Waals surface area (Å²) in [5.74, 6) is 1.62. The van der Waals surface area contributed by atoms with E-state index in [0.29, 0.717) is 17.1 Å². The number of nitrogens with zero attached hydrogens (tertiary/aromatic N) is 4. The summed E-state index contributed by atoms with van der Waals surface area (Å²) >= 11 is 6.23. The molecule has 0 spiro atoms. The Balaban J connectivity index is 1.33. The Bertz CT molecular complexity index is 857. The zero-order valence-corrected chi connectivity index (χ0v) is 17.6. The van der Waals surface area contributed by atoms with Crippen molar-refractivity contribution in [1.82, 2.24) is 20.3 Å². The van der Waals surface area contributed by atoms with Gasteiger partial charge in [-0.05, 0) is 32.4 Å². The van der Waals surface area contributed by atoms with E-state index >= 15 is 0 Å². The molecule has 1 N–H and O–H groups in total. The van der Waals surface area contributed by atoms with Gasteiger partial charge in [-0.3, -0.25) is 9.89 Å². The van der Waals surface area contributed by atoms with Gasteiger partial charge in [0.05, 0.1) is 5.69 Å². The summed E-state index contributed by atoms with van der Waals surface area (Å²) in [7, 11) is 0. The van der Waals surface area contributed by atoms with Crippen molar-refractivity contribution in [2.24, 2.45) is 4.99 Å². The first kappa shape index (κ1) is 20.2. The van der Waals surface area contributed by atoms with Gasteiger partial charge in [0.2, 0.25) is 0 Å². The molecule has 8 heteroatoms. The Morgan fingerprint density at radius 2 is 2.14 bits per heavy atom. The normalized spacial score (nSPS) is 22.8. The number of hydrogen-bond donors (Lipinski definition) is 1. The molecule has 2 heterocycles. The lowest BCUT2D eigenvalue weighted by Crippen LogP contribution is -2.52. The fourth-order valence-electron chi connectivity index (χ4n) is 3.93. The number of halogens is 2.